The van der Waals surface area contributed by atoms with Crippen LogP contribution in [0.15, 0.2) is 36.5 Å². The van der Waals surface area contributed by atoms with Crippen molar-refractivity contribution >= 4 is 17.6 Å². The van der Waals surface area contributed by atoms with Gasteiger partial charge in [0.2, 0.25) is 5.91 Å². The maximum Gasteiger partial charge on any atom is 0.253 e. The van der Waals surface area contributed by atoms with Crippen LogP contribution >= 0.6 is 0 Å². The summed E-state index contributed by atoms with van der Waals surface area (Å²) in [6.45, 7) is 2.26. The first-order valence-electron chi connectivity index (χ1n) is 9.59. The van der Waals surface area contributed by atoms with E-state index in [-0.39, 0.29) is 29.6 Å². The number of hydrogen-bond acceptors (Lipinski definition) is 4. The minimum atomic E-state index is -0.354. The normalized spacial score (nSPS) is 20.3. The lowest BCUT2D eigenvalue weighted by molar-refractivity contribution is -0.119. The van der Waals surface area contributed by atoms with E-state index in [0.717, 1.165) is 19.3 Å². The topological polar surface area (TPSA) is 76.5 Å². The van der Waals surface area contributed by atoms with Gasteiger partial charge in [-0.15, -0.1) is 0 Å². The molecule has 28 heavy (non-hydrogen) atoms. The van der Waals surface area contributed by atoms with Crippen LogP contribution in [0.1, 0.15) is 35.7 Å². The number of carbonyl (C=O) groups excluding carboxylic acids is 2. The number of benzene rings is 1. The SMILES string of the molecule is O=C(Nc1ccnn1C1CCN(C(=O)c2ccc(F)cc2)CC1)[C@@H]1CCOC1. The van der Waals surface area contributed by atoms with E-state index in [0.29, 0.717) is 37.7 Å². The highest BCUT2D eigenvalue weighted by atomic mass is 19.1. The minimum absolute atomic E-state index is 0.0387. The van der Waals surface area contributed by atoms with Gasteiger partial charge in [-0.05, 0) is 43.5 Å². The number of ether oxygens (including phenoxy) is 1. The van der Waals surface area contributed by atoms with Crippen LogP contribution in [0.4, 0.5) is 10.2 Å². The highest BCUT2D eigenvalue weighted by Crippen LogP contribution is 2.27. The first-order valence-corrected chi connectivity index (χ1v) is 9.59. The lowest BCUT2D eigenvalue weighted by Gasteiger charge is -2.33. The van der Waals surface area contributed by atoms with Gasteiger partial charge in [-0.2, -0.15) is 5.10 Å². The number of hydrogen-bond donors (Lipinski definition) is 1. The van der Waals surface area contributed by atoms with Crippen molar-refractivity contribution in [3.05, 3.63) is 47.9 Å². The minimum Gasteiger partial charge on any atom is -0.381 e. The third-order valence-corrected chi connectivity index (χ3v) is 5.41. The smallest absolute Gasteiger partial charge is 0.253 e. The molecule has 3 heterocycles. The molecule has 2 aliphatic heterocycles. The maximum atomic E-state index is 13.1. The van der Waals surface area contributed by atoms with Crippen molar-refractivity contribution < 1.29 is 18.7 Å². The summed E-state index contributed by atoms with van der Waals surface area (Å²) < 4.78 is 20.2. The molecule has 1 atom stereocenters. The molecule has 0 saturated carbocycles. The van der Waals surface area contributed by atoms with E-state index in [2.05, 4.69) is 10.4 Å². The molecule has 4 rings (SSSR count). The second kappa shape index (κ2) is 8.10. The summed E-state index contributed by atoms with van der Waals surface area (Å²) in [6.07, 6.45) is 3.90. The molecule has 8 heteroatoms. The van der Waals surface area contributed by atoms with Gasteiger partial charge in [-0.25, -0.2) is 9.07 Å². The number of amides is 2. The average Bonchev–Trinajstić information content (AvgIpc) is 3.40. The van der Waals surface area contributed by atoms with Crippen molar-refractivity contribution in [3.63, 3.8) is 0 Å². The van der Waals surface area contributed by atoms with E-state index in [4.69, 9.17) is 4.74 Å². The highest BCUT2D eigenvalue weighted by molar-refractivity contribution is 5.94. The van der Waals surface area contributed by atoms with Crippen LogP contribution in [0.2, 0.25) is 0 Å². The van der Waals surface area contributed by atoms with Gasteiger partial charge >= 0.3 is 0 Å². The Kier molecular flexibility index (Phi) is 5.38. The summed E-state index contributed by atoms with van der Waals surface area (Å²) in [6, 6.07) is 7.53. The second-order valence-electron chi connectivity index (χ2n) is 7.24. The number of anilines is 1. The van der Waals surface area contributed by atoms with Crippen LogP contribution in [-0.2, 0) is 9.53 Å². The molecule has 2 aromatic rings. The quantitative estimate of drug-likeness (QED) is 0.876. The lowest BCUT2D eigenvalue weighted by Crippen LogP contribution is -2.39. The molecule has 0 unspecified atom stereocenters. The summed E-state index contributed by atoms with van der Waals surface area (Å²) in [7, 11) is 0. The van der Waals surface area contributed by atoms with E-state index in [1.165, 1.54) is 24.3 Å². The van der Waals surface area contributed by atoms with Gasteiger partial charge in [0.15, 0.2) is 0 Å². The average molecular weight is 386 g/mol. The van der Waals surface area contributed by atoms with Gasteiger partial charge in [0.1, 0.15) is 11.6 Å². The fourth-order valence-corrected chi connectivity index (χ4v) is 3.76. The van der Waals surface area contributed by atoms with Crippen LogP contribution in [0.25, 0.3) is 0 Å². The molecule has 2 fully saturated rings. The van der Waals surface area contributed by atoms with E-state index < -0.39 is 0 Å². The van der Waals surface area contributed by atoms with Crippen molar-refractivity contribution in [3.8, 4) is 0 Å². The van der Waals surface area contributed by atoms with Crippen LogP contribution in [0, 0.1) is 11.7 Å². The second-order valence-corrected chi connectivity index (χ2v) is 7.24. The van der Waals surface area contributed by atoms with Gasteiger partial charge in [-0.3, -0.25) is 9.59 Å². The number of nitrogens with zero attached hydrogens (tertiary/aromatic N) is 3. The standard InChI is InChI=1S/C20H23FN4O3/c21-16-3-1-14(2-4-16)20(27)24-10-6-17(7-11-24)25-18(5-9-22-25)23-19(26)15-8-12-28-13-15/h1-5,9,15,17H,6-8,10-13H2,(H,23,26)/t15-/m1/s1. The number of nitrogens with one attached hydrogen (secondary N) is 1. The fourth-order valence-electron chi connectivity index (χ4n) is 3.76. The Morgan fingerprint density at radius 2 is 1.86 bits per heavy atom. The van der Waals surface area contributed by atoms with E-state index in [1.807, 2.05) is 4.68 Å². The number of piperidine rings is 1. The largest absolute Gasteiger partial charge is 0.381 e. The van der Waals surface area contributed by atoms with Crippen LogP contribution in [0.5, 0.6) is 0 Å². The summed E-state index contributed by atoms with van der Waals surface area (Å²) >= 11 is 0. The zero-order valence-corrected chi connectivity index (χ0v) is 15.5. The third kappa shape index (κ3) is 3.91. The Morgan fingerprint density at radius 3 is 2.54 bits per heavy atom. The van der Waals surface area contributed by atoms with Crippen molar-refractivity contribution in [1.29, 1.82) is 0 Å². The van der Waals surface area contributed by atoms with Crippen molar-refractivity contribution in [1.82, 2.24) is 14.7 Å². The van der Waals surface area contributed by atoms with Crippen molar-refractivity contribution in [2.24, 2.45) is 5.92 Å². The van der Waals surface area contributed by atoms with Gasteiger partial charge in [0, 0.05) is 31.3 Å². The van der Waals surface area contributed by atoms with Crippen molar-refractivity contribution in [2.75, 3.05) is 31.6 Å². The number of halogens is 1. The molecule has 0 spiro atoms. The zero-order valence-electron chi connectivity index (χ0n) is 15.5. The Hall–Kier alpha value is -2.74. The number of aromatic nitrogens is 2. The molecule has 7 nitrogen and oxygen atoms in total. The first-order chi connectivity index (χ1) is 13.6. The number of likely N-dealkylation sites (tertiary alicyclic amines) is 1. The van der Waals surface area contributed by atoms with Gasteiger partial charge in [0.25, 0.3) is 5.91 Å². The van der Waals surface area contributed by atoms with Gasteiger partial charge in [0.05, 0.1) is 24.8 Å². The van der Waals surface area contributed by atoms with E-state index in [1.54, 1.807) is 17.2 Å². The zero-order chi connectivity index (χ0) is 19.5. The van der Waals surface area contributed by atoms with Crippen LogP contribution < -0.4 is 5.32 Å². The molecule has 148 valence electrons. The molecule has 0 radical (unpaired) electrons. The van der Waals surface area contributed by atoms with Gasteiger partial charge in [-0.1, -0.05) is 0 Å². The Morgan fingerprint density at radius 1 is 1.11 bits per heavy atom. The summed E-state index contributed by atoms with van der Waals surface area (Å²) in [5, 5.41) is 7.34. The van der Waals surface area contributed by atoms with E-state index in [9.17, 15) is 14.0 Å². The molecule has 2 amide bonds. The molecule has 1 N–H and O–H groups in total. The first kappa shape index (κ1) is 18.6. The predicted octanol–water partition coefficient (Wildman–Crippen LogP) is 2.47. The number of rotatable bonds is 4. The molecule has 1 aromatic heterocycles. The third-order valence-electron chi connectivity index (χ3n) is 5.41. The lowest BCUT2D eigenvalue weighted by atomic mass is 10.0. The van der Waals surface area contributed by atoms with Crippen molar-refractivity contribution in [2.45, 2.75) is 25.3 Å². The molecule has 0 bridgehead atoms. The fraction of sp³-hybridized carbons (Fsp3) is 0.450. The van der Waals surface area contributed by atoms with Crippen LogP contribution in [0.3, 0.4) is 0 Å². The summed E-state index contributed by atoms with van der Waals surface area (Å²) in [5.74, 6) is 0.0864. The molecular formula is C20H23FN4O3. The Bertz CT molecular complexity index is 837. The maximum absolute atomic E-state index is 13.1. The molecule has 2 aliphatic rings. The highest BCUT2D eigenvalue weighted by Gasteiger charge is 2.28. The Balaban J connectivity index is 1.36. The molecular weight excluding hydrogens is 363 g/mol. The molecule has 2 saturated heterocycles. The summed E-state index contributed by atoms with van der Waals surface area (Å²) in [5.41, 5.74) is 0.491. The summed E-state index contributed by atoms with van der Waals surface area (Å²) in [4.78, 5) is 26.7. The number of carbonyl (C=O) groups is 2. The molecule has 1 aromatic carbocycles. The van der Waals surface area contributed by atoms with Crippen LogP contribution in [-0.4, -0.2) is 52.8 Å². The monoisotopic (exact) mass is 386 g/mol. The van der Waals surface area contributed by atoms with Gasteiger partial charge < -0.3 is 15.0 Å². The predicted molar refractivity (Wildman–Crippen MR) is 100 cm³/mol. The Labute approximate surface area is 162 Å². The van der Waals surface area contributed by atoms with E-state index >= 15 is 0 Å². The molecule has 0 aliphatic carbocycles.